The van der Waals surface area contributed by atoms with Crippen molar-refractivity contribution in [1.29, 1.82) is 0 Å². The molecule has 1 aliphatic carbocycles. The van der Waals surface area contributed by atoms with Crippen molar-refractivity contribution in [2.24, 2.45) is 0 Å². The van der Waals surface area contributed by atoms with Gasteiger partial charge in [-0.2, -0.15) is 15.0 Å². The number of rotatable bonds is 21. The standard InChI is InChI=1S/C31H34ClN7O4.C25H32N6O4.C25H26N6O4/c1-6-26(40)35-23-16-43-17-24(23)36-29-33-14-19-15-39(30(42)38(5)27(19)37-29)25-12-18(10-11-22(25)32)28(41)34-21-9-7-8-20(13-21)31(2,3)4;2*1-6-22(32)27-20-9-7-8-10-21(20)28-24-26-14-19-15(2)31(25(33)30(3)23(19)29-24)16-11-17(34-4)13-18(12-16)35-5/h6-14,23-24H,1,15-17H2,2-5H3,(H,34,41)(H,35,40)(H,33,36,37);6,11-15,20-21H,1,7-10H2,2-5H3,(H,27,32)(H,26,28,29);6-15H,1H2,2-5H3,(H,27,32)(H,26,28,29). The molecule has 1 saturated carbocycles. The Hall–Kier alpha value is -12.9. The molecule has 113 heavy (non-hydrogen) atoms. The molecule has 1 saturated heterocycles. The number of methoxy groups -OCH3 is 4. The number of carbonyl (C=O) groups is 7. The maximum absolute atomic E-state index is 13.5. The number of anilines is 12. The highest BCUT2D eigenvalue weighted by Crippen LogP contribution is 2.44. The van der Waals surface area contributed by atoms with Gasteiger partial charge in [-0.25, -0.2) is 29.3 Å². The van der Waals surface area contributed by atoms with E-state index in [-0.39, 0.29) is 95.9 Å². The third-order valence-corrected chi connectivity index (χ3v) is 20.0. The average molecular weight is 1560 g/mol. The van der Waals surface area contributed by atoms with Gasteiger partial charge in [-0.15, -0.1) is 0 Å². The van der Waals surface area contributed by atoms with Crippen molar-refractivity contribution in [3.8, 4) is 23.0 Å². The van der Waals surface area contributed by atoms with Gasteiger partial charge < -0.3 is 60.9 Å². The minimum Gasteiger partial charge on any atom is -0.497 e. The highest BCUT2D eigenvalue weighted by molar-refractivity contribution is 6.34. The molecule has 10 amide bonds. The zero-order valence-electron chi connectivity index (χ0n) is 65.0. The number of hydrogen-bond acceptors (Lipinski definition) is 21. The smallest absolute Gasteiger partial charge is 0.330 e. The van der Waals surface area contributed by atoms with E-state index in [1.807, 2.05) is 44.2 Å². The van der Waals surface area contributed by atoms with Gasteiger partial charge in [0.05, 0.1) is 106 Å². The van der Waals surface area contributed by atoms with Crippen molar-refractivity contribution in [1.82, 2.24) is 40.5 Å². The summed E-state index contributed by atoms with van der Waals surface area (Å²) in [6, 6.07) is 28.3. The van der Waals surface area contributed by atoms with Crippen LogP contribution in [0.4, 0.5) is 83.8 Å². The molecular weight excluding hydrogens is 1470 g/mol. The second-order valence-corrected chi connectivity index (χ2v) is 28.5. The van der Waals surface area contributed by atoms with Gasteiger partial charge in [-0.3, -0.25) is 48.6 Å². The summed E-state index contributed by atoms with van der Waals surface area (Å²) in [5, 5.41) is 21.5. The monoisotopic (exact) mass is 1560 g/mol. The van der Waals surface area contributed by atoms with Gasteiger partial charge in [0.25, 0.3) is 5.91 Å². The number of fused-ring (bicyclic) bond motifs is 3. The van der Waals surface area contributed by atoms with Crippen molar-refractivity contribution < 1.29 is 57.2 Å². The molecule has 13 rings (SSSR count). The highest BCUT2D eigenvalue weighted by Gasteiger charge is 2.40. The molecule has 2 fully saturated rings. The third-order valence-electron chi connectivity index (χ3n) is 19.7. The zero-order valence-corrected chi connectivity index (χ0v) is 65.7. The van der Waals surface area contributed by atoms with Crippen LogP contribution >= 0.6 is 11.6 Å². The predicted octanol–water partition coefficient (Wildman–Crippen LogP) is 12.9. The SMILES string of the molecule is C=CC(=O)NC1CCCCC1Nc1ncc2c(n1)N(C)C(=O)N(c1cc(OC)cc(OC)c1)C2C.C=CC(=O)NC1COCC1Nc1ncc2c(n1)N(C)C(=O)N(c1cc(C(=O)Nc3cccc(C(C)(C)C)c3)ccc1Cl)C2.C=CC(=O)Nc1ccccc1Nc1ncc2c(n1)N(C)C(=O)N(c1cc(OC)cc(OC)c1)C2C. The Balaban J connectivity index is 0.000000169. The fourth-order valence-corrected chi connectivity index (χ4v) is 13.7. The van der Waals surface area contributed by atoms with Crippen LogP contribution in [0, 0.1) is 0 Å². The maximum Gasteiger partial charge on any atom is 0.330 e. The van der Waals surface area contributed by atoms with Crippen LogP contribution in [-0.4, -0.2) is 159 Å². The molecular formula is C81H92ClN19O12. The van der Waals surface area contributed by atoms with Gasteiger partial charge in [0.2, 0.25) is 35.6 Å². The van der Waals surface area contributed by atoms with Crippen LogP contribution in [0.1, 0.15) is 105 Å². The lowest BCUT2D eigenvalue weighted by molar-refractivity contribution is -0.118. The summed E-state index contributed by atoms with van der Waals surface area (Å²) in [6.07, 6.45) is 12.6. The Morgan fingerprint density at radius 3 is 1.60 bits per heavy atom. The van der Waals surface area contributed by atoms with Crippen LogP contribution in [0.3, 0.4) is 0 Å². The molecule has 5 aromatic carbocycles. The fraction of sp³-hybridized carbons (Fsp3) is 0.321. The average Bonchev–Trinajstić information content (AvgIpc) is 1.21. The lowest BCUT2D eigenvalue weighted by Gasteiger charge is -2.39. The summed E-state index contributed by atoms with van der Waals surface area (Å²) in [7, 11) is 11.2. The molecule has 0 spiro atoms. The maximum atomic E-state index is 13.5. The van der Waals surface area contributed by atoms with Crippen LogP contribution in [0.15, 0.2) is 160 Å². The molecule has 4 aliphatic heterocycles. The van der Waals surface area contributed by atoms with Crippen molar-refractivity contribution in [3.05, 3.63) is 193 Å². The first-order chi connectivity index (χ1) is 54.1. The van der Waals surface area contributed by atoms with Gasteiger partial charge in [0.15, 0.2) is 0 Å². The molecule has 31 nitrogen and oxygen atoms in total. The topological polar surface area (TPSA) is 347 Å². The molecule has 32 heteroatoms. The van der Waals surface area contributed by atoms with Gasteiger partial charge in [0, 0.05) is 116 Å². The Kier molecular flexibility index (Phi) is 25.4. The largest absolute Gasteiger partial charge is 0.497 e. The molecule has 6 unspecified atom stereocenters. The van der Waals surface area contributed by atoms with E-state index in [0.717, 1.165) is 42.4 Å². The lowest BCUT2D eigenvalue weighted by atomic mass is 9.87. The van der Waals surface area contributed by atoms with E-state index in [4.69, 9.17) is 40.3 Å². The number of nitrogens with zero attached hydrogens (tertiary/aromatic N) is 12. The summed E-state index contributed by atoms with van der Waals surface area (Å²) >= 11 is 6.55. The van der Waals surface area contributed by atoms with Crippen molar-refractivity contribution >= 4 is 123 Å². The Morgan fingerprint density at radius 2 is 1.04 bits per heavy atom. The molecule has 3 aromatic heterocycles. The number of benzene rings is 5. The highest BCUT2D eigenvalue weighted by atomic mass is 35.5. The number of ether oxygens (including phenoxy) is 5. The number of halogens is 1. The van der Waals surface area contributed by atoms with Crippen molar-refractivity contribution in [2.75, 3.05) is 119 Å². The number of hydrogen-bond donors (Lipinski definition) is 7. The Morgan fingerprint density at radius 1 is 0.549 bits per heavy atom. The van der Waals surface area contributed by atoms with Crippen LogP contribution in [-0.2, 0) is 31.1 Å². The minimum absolute atomic E-state index is 0.00605. The molecule has 590 valence electrons. The quantitative estimate of drug-likeness (QED) is 0.0329. The van der Waals surface area contributed by atoms with Crippen molar-refractivity contribution in [2.45, 2.75) is 109 Å². The zero-order chi connectivity index (χ0) is 81.1. The number of urea groups is 3. The van der Waals surface area contributed by atoms with Gasteiger partial charge in [0.1, 0.15) is 40.5 Å². The minimum atomic E-state index is -0.366. The summed E-state index contributed by atoms with van der Waals surface area (Å²) in [6.45, 7) is 21.5. The van der Waals surface area contributed by atoms with Crippen LogP contribution in [0.2, 0.25) is 5.02 Å². The van der Waals surface area contributed by atoms with Crippen LogP contribution in [0.5, 0.6) is 23.0 Å². The molecule has 6 atom stereocenters. The first kappa shape index (κ1) is 81.1. The fourth-order valence-electron chi connectivity index (χ4n) is 13.5. The molecule has 5 aliphatic rings. The first-order valence-electron chi connectivity index (χ1n) is 36.4. The normalized spacial score (nSPS) is 18.2. The number of para-hydroxylation sites is 2. The third kappa shape index (κ3) is 18.4. The number of amides is 10. The Labute approximate surface area is 660 Å². The first-order valence-corrected chi connectivity index (χ1v) is 36.8. The van der Waals surface area contributed by atoms with Gasteiger partial charge >= 0.3 is 18.1 Å². The van der Waals surface area contributed by atoms with E-state index in [1.54, 1.807) is 151 Å². The molecule has 7 N–H and O–H groups in total. The van der Waals surface area contributed by atoms with Crippen LogP contribution < -0.4 is 85.6 Å². The summed E-state index contributed by atoms with van der Waals surface area (Å²) in [5.74, 6) is 3.67. The van der Waals surface area contributed by atoms with E-state index in [0.29, 0.717) is 116 Å². The van der Waals surface area contributed by atoms with E-state index in [2.05, 4.69) is 103 Å². The van der Waals surface area contributed by atoms with Crippen molar-refractivity contribution in [3.63, 3.8) is 0 Å². The second kappa shape index (κ2) is 35.4. The number of carbonyl (C=O) groups excluding carboxylic acids is 7. The predicted molar refractivity (Wildman–Crippen MR) is 436 cm³/mol. The van der Waals surface area contributed by atoms with Crippen LogP contribution in [0.25, 0.3) is 0 Å². The summed E-state index contributed by atoms with van der Waals surface area (Å²) in [4.78, 5) is 126. The second-order valence-electron chi connectivity index (χ2n) is 28.1. The number of aromatic nitrogens is 6. The van der Waals surface area contributed by atoms with E-state index in [9.17, 15) is 33.6 Å². The number of nitrogens with one attached hydrogen (secondary N) is 7. The van der Waals surface area contributed by atoms with E-state index < -0.39 is 0 Å². The summed E-state index contributed by atoms with van der Waals surface area (Å²) < 4.78 is 27.0. The lowest BCUT2D eigenvalue weighted by Crippen LogP contribution is -2.49. The molecule has 7 heterocycles. The van der Waals surface area contributed by atoms with E-state index in [1.165, 1.54) is 37.8 Å². The van der Waals surface area contributed by atoms with Gasteiger partial charge in [-0.05, 0) is 98.4 Å². The molecule has 8 aromatic rings. The molecule has 0 radical (unpaired) electrons. The Bertz CT molecular complexity index is 4920. The summed E-state index contributed by atoms with van der Waals surface area (Å²) in [5.41, 5.74) is 7.18. The van der Waals surface area contributed by atoms with E-state index >= 15 is 0 Å². The van der Waals surface area contributed by atoms with Gasteiger partial charge in [-0.1, -0.05) is 89.2 Å². The molecule has 0 bridgehead atoms.